The monoisotopic (exact) mass is 357 g/mol. The second-order valence-corrected chi connectivity index (χ2v) is 8.52. The smallest absolute Gasteiger partial charge is 0.255 e. The number of hydrogen-bond acceptors (Lipinski definition) is 3. The number of rotatable bonds is 4. The molecule has 0 bridgehead atoms. The number of piperidine rings is 2. The third-order valence-electron chi connectivity index (χ3n) is 5.94. The van der Waals surface area contributed by atoms with E-state index in [2.05, 4.69) is 18.8 Å². The first-order chi connectivity index (χ1) is 12.4. The van der Waals surface area contributed by atoms with E-state index in [1.807, 2.05) is 22.8 Å². The number of hydrogen-bond donors (Lipinski definition) is 0. The summed E-state index contributed by atoms with van der Waals surface area (Å²) in [5.41, 5.74) is 1.74. The molecule has 3 rings (SSSR count). The van der Waals surface area contributed by atoms with Crippen molar-refractivity contribution in [2.24, 2.45) is 11.3 Å². The topological polar surface area (TPSA) is 53.5 Å². The van der Waals surface area contributed by atoms with Crippen molar-refractivity contribution >= 4 is 11.8 Å². The fourth-order valence-electron chi connectivity index (χ4n) is 4.29. The molecule has 0 radical (unpaired) electrons. The molecule has 2 aliphatic rings. The zero-order valence-corrected chi connectivity index (χ0v) is 16.3. The van der Waals surface area contributed by atoms with Crippen LogP contribution in [0, 0.1) is 18.3 Å². The van der Waals surface area contributed by atoms with E-state index in [0.29, 0.717) is 17.9 Å². The maximum atomic E-state index is 13.0. The Balaban J connectivity index is 1.71. The lowest BCUT2D eigenvalue weighted by molar-refractivity contribution is -0.139. The number of carbonyl (C=O) groups is 2. The number of likely N-dealkylation sites (tertiary alicyclic amines) is 2. The van der Waals surface area contributed by atoms with Gasteiger partial charge in [0.15, 0.2) is 0 Å². The molecule has 0 aliphatic carbocycles. The van der Waals surface area contributed by atoms with Crippen LogP contribution in [0.5, 0.6) is 0 Å². The van der Waals surface area contributed by atoms with Gasteiger partial charge in [-0.1, -0.05) is 13.8 Å². The van der Waals surface area contributed by atoms with Gasteiger partial charge in [0.25, 0.3) is 5.91 Å². The van der Waals surface area contributed by atoms with Crippen LogP contribution in [0.2, 0.25) is 0 Å². The molecule has 3 heterocycles. The summed E-state index contributed by atoms with van der Waals surface area (Å²) in [6, 6.07) is 1.89. The predicted molar refractivity (Wildman–Crippen MR) is 102 cm³/mol. The van der Waals surface area contributed by atoms with Gasteiger partial charge in [-0.15, -0.1) is 0 Å². The van der Waals surface area contributed by atoms with Crippen LogP contribution in [0.4, 0.5) is 0 Å². The molecule has 5 nitrogen and oxygen atoms in total. The highest BCUT2D eigenvalue weighted by Gasteiger charge is 2.42. The van der Waals surface area contributed by atoms with Crippen LogP contribution in [0.1, 0.15) is 61.9 Å². The number of amides is 2. The Labute approximate surface area is 156 Å². The molecule has 1 aromatic rings. The number of carbonyl (C=O) groups excluding carboxylic acids is 2. The summed E-state index contributed by atoms with van der Waals surface area (Å²) in [5.74, 6) is 0.960. The second-order valence-electron chi connectivity index (χ2n) is 8.52. The second kappa shape index (κ2) is 7.77. The van der Waals surface area contributed by atoms with E-state index in [9.17, 15) is 9.59 Å². The highest BCUT2D eigenvalue weighted by Crippen LogP contribution is 2.39. The van der Waals surface area contributed by atoms with E-state index in [4.69, 9.17) is 0 Å². The third-order valence-corrected chi connectivity index (χ3v) is 5.94. The van der Waals surface area contributed by atoms with Crippen molar-refractivity contribution in [3.8, 4) is 0 Å². The lowest BCUT2D eigenvalue weighted by Gasteiger charge is -2.48. The Morgan fingerprint density at radius 3 is 2.85 bits per heavy atom. The van der Waals surface area contributed by atoms with E-state index in [1.165, 1.54) is 0 Å². The highest BCUT2D eigenvalue weighted by atomic mass is 16.2. The average Bonchev–Trinajstić information content (AvgIpc) is 2.63. The van der Waals surface area contributed by atoms with Crippen LogP contribution < -0.4 is 0 Å². The van der Waals surface area contributed by atoms with E-state index in [1.54, 1.807) is 12.4 Å². The van der Waals surface area contributed by atoms with Crippen LogP contribution in [-0.4, -0.2) is 52.8 Å². The Bertz CT molecular complexity index is 673. The minimum Gasteiger partial charge on any atom is -0.342 e. The molecule has 0 saturated carbocycles. The lowest BCUT2D eigenvalue weighted by atomic mass is 9.73. The maximum absolute atomic E-state index is 13.0. The van der Waals surface area contributed by atoms with Crippen LogP contribution >= 0.6 is 0 Å². The van der Waals surface area contributed by atoms with Gasteiger partial charge >= 0.3 is 0 Å². The molecule has 1 unspecified atom stereocenters. The largest absolute Gasteiger partial charge is 0.342 e. The summed E-state index contributed by atoms with van der Waals surface area (Å²) in [6.07, 6.45) is 8.08. The summed E-state index contributed by atoms with van der Waals surface area (Å²) < 4.78 is 0. The van der Waals surface area contributed by atoms with E-state index in [0.717, 1.165) is 57.4 Å². The van der Waals surface area contributed by atoms with Gasteiger partial charge in [0.1, 0.15) is 0 Å². The molecule has 26 heavy (non-hydrogen) atoms. The van der Waals surface area contributed by atoms with Crippen LogP contribution in [0.3, 0.4) is 0 Å². The van der Waals surface area contributed by atoms with Crippen LogP contribution in [0.15, 0.2) is 18.5 Å². The summed E-state index contributed by atoms with van der Waals surface area (Å²) in [6.45, 7) is 9.55. The Morgan fingerprint density at radius 1 is 1.31 bits per heavy atom. The molecule has 1 aromatic heterocycles. The molecule has 142 valence electrons. The first-order valence-corrected chi connectivity index (χ1v) is 9.88. The van der Waals surface area contributed by atoms with Gasteiger partial charge in [0, 0.05) is 50.4 Å². The standard InChI is InChI=1S/C21H31N3O2/c1-16(2)7-12-23-14-21(9-5-19(23)25)8-4-11-24(15-21)20(26)18-13-22-10-6-17(18)3/h6,10,13,16H,4-5,7-9,11-12,14-15H2,1-3H3. The number of aromatic nitrogens is 1. The summed E-state index contributed by atoms with van der Waals surface area (Å²) in [4.78, 5) is 33.5. The molecule has 0 aromatic carbocycles. The third kappa shape index (κ3) is 4.08. The lowest BCUT2D eigenvalue weighted by Crippen LogP contribution is -2.55. The minimum atomic E-state index is 0.0644. The van der Waals surface area contributed by atoms with Gasteiger partial charge in [-0.3, -0.25) is 14.6 Å². The molecule has 1 atom stereocenters. The number of pyridine rings is 1. The predicted octanol–water partition coefficient (Wildman–Crippen LogP) is 3.28. The number of nitrogens with zero attached hydrogens (tertiary/aromatic N) is 3. The van der Waals surface area contributed by atoms with E-state index >= 15 is 0 Å². The molecule has 5 heteroatoms. The van der Waals surface area contributed by atoms with Gasteiger partial charge < -0.3 is 9.80 Å². The molecular weight excluding hydrogens is 326 g/mol. The average molecular weight is 357 g/mol. The van der Waals surface area contributed by atoms with Gasteiger partial charge in [-0.2, -0.15) is 0 Å². The quantitative estimate of drug-likeness (QED) is 0.831. The first-order valence-electron chi connectivity index (χ1n) is 9.88. The number of aryl methyl sites for hydroxylation is 1. The summed E-state index contributed by atoms with van der Waals surface area (Å²) in [7, 11) is 0. The van der Waals surface area contributed by atoms with E-state index in [-0.39, 0.29) is 17.2 Å². The van der Waals surface area contributed by atoms with Gasteiger partial charge in [-0.25, -0.2) is 0 Å². The molecule has 1 spiro atoms. The Kier molecular flexibility index (Phi) is 5.64. The Morgan fingerprint density at radius 2 is 2.12 bits per heavy atom. The zero-order chi connectivity index (χ0) is 18.7. The highest BCUT2D eigenvalue weighted by molar-refractivity contribution is 5.95. The van der Waals surface area contributed by atoms with Crippen LogP contribution in [-0.2, 0) is 4.79 Å². The molecule has 2 saturated heterocycles. The van der Waals surface area contributed by atoms with E-state index < -0.39 is 0 Å². The van der Waals surface area contributed by atoms with Crippen molar-refractivity contribution in [1.29, 1.82) is 0 Å². The molecular formula is C21H31N3O2. The fraction of sp³-hybridized carbons (Fsp3) is 0.667. The van der Waals surface area contributed by atoms with Crippen molar-refractivity contribution < 1.29 is 9.59 Å². The molecule has 2 fully saturated rings. The van der Waals surface area contributed by atoms with Gasteiger partial charge in [0.05, 0.1) is 5.56 Å². The molecule has 2 amide bonds. The van der Waals surface area contributed by atoms with Crippen molar-refractivity contribution in [2.45, 2.75) is 52.9 Å². The maximum Gasteiger partial charge on any atom is 0.255 e. The molecule has 2 aliphatic heterocycles. The van der Waals surface area contributed by atoms with Crippen molar-refractivity contribution in [3.05, 3.63) is 29.6 Å². The zero-order valence-electron chi connectivity index (χ0n) is 16.3. The van der Waals surface area contributed by atoms with Crippen molar-refractivity contribution in [3.63, 3.8) is 0 Å². The van der Waals surface area contributed by atoms with Gasteiger partial charge in [-0.05, 0) is 50.2 Å². The minimum absolute atomic E-state index is 0.0644. The normalized spacial score (nSPS) is 23.8. The first kappa shape index (κ1) is 18.9. The van der Waals surface area contributed by atoms with Crippen molar-refractivity contribution in [2.75, 3.05) is 26.2 Å². The SMILES string of the molecule is Cc1ccncc1C(=O)N1CCCC2(CCC(=O)N(CCC(C)C)C2)C1. The molecule has 0 N–H and O–H groups in total. The summed E-state index contributed by atoms with van der Waals surface area (Å²) in [5, 5.41) is 0. The Hall–Kier alpha value is -1.91. The van der Waals surface area contributed by atoms with Gasteiger partial charge in [0.2, 0.25) is 5.91 Å². The summed E-state index contributed by atoms with van der Waals surface area (Å²) >= 11 is 0. The fourth-order valence-corrected chi connectivity index (χ4v) is 4.29. The van der Waals surface area contributed by atoms with Crippen molar-refractivity contribution in [1.82, 2.24) is 14.8 Å². The van der Waals surface area contributed by atoms with Crippen LogP contribution in [0.25, 0.3) is 0 Å².